The number of nitrogens with zero attached hydrogens (tertiary/aromatic N) is 3. The van der Waals surface area contributed by atoms with Gasteiger partial charge in [-0.15, -0.1) is 11.3 Å². The van der Waals surface area contributed by atoms with Crippen molar-refractivity contribution in [2.24, 2.45) is 0 Å². The van der Waals surface area contributed by atoms with E-state index in [0.29, 0.717) is 23.7 Å². The molecule has 0 fully saturated rings. The smallest absolute Gasteiger partial charge is 0.277 e. The molecule has 1 aliphatic rings. The van der Waals surface area contributed by atoms with Gasteiger partial charge in [-0.05, 0) is 49.1 Å². The van der Waals surface area contributed by atoms with Gasteiger partial charge in [0.1, 0.15) is 22.7 Å². The molecule has 0 aliphatic carbocycles. The van der Waals surface area contributed by atoms with Crippen LogP contribution in [-0.4, -0.2) is 34.2 Å². The van der Waals surface area contributed by atoms with E-state index in [1.807, 2.05) is 66.9 Å². The highest BCUT2D eigenvalue weighted by molar-refractivity contribution is 7.13. The number of rotatable bonds is 6. The topological polar surface area (TPSA) is 76.5 Å². The minimum atomic E-state index is -1.21. The molecular formula is C27H26N4O3S. The first-order valence-electron chi connectivity index (χ1n) is 11.3. The zero-order chi connectivity index (χ0) is 24.6. The number of benzene rings is 2. The molecule has 0 bridgehead atoms. The van der Waals surface area contributed by atoms with E-state index < -0.39 is 5.54 Å². The first kappa shape index (κ1) is 22.9. The summed E-state index contributed by atoms with van der Waals surface area (Å²) in [4.78, 5) is 30.1. The standard InChI is InChI=1S/C27H26N4O3S/c1-18-9-11-19(12-10-18)16-28-26(33)27(2)17-30-23(15-22(29-30)24-8-5-13-35-24)25(32)31(27)20-6-4-7-21(14-20)34-3/h4-15H,16-17H2,1-3H3,(H,28,33)/t27-/m0/s1. The van der Waals surface area contributed by atoms with E-state index in [2.05, 4.69) is 10.4 Å². The molecule has 4 aromatic rings. The normalized spacial score (nSPS) is 17.2. The molecule has 0 unspecified atom stereocenters. The molecule has 2 amide bonds. The molecule has 0 radical (unpaired) electrons. The Morgan fingerprint density at radius 1 is 1.14 bits per heavy atom. The Bertz CT molecular complexity index is 1380. The van der Waals surface area contributed by atoms with Gasteiger partial charge in [-0.3, -0.25) is 19.2 Å². The zero-order valence-corrected chi connectivity index (χ0v) is 20.6. The minimum Gasteiger partial charge on any atom is -0.497 e. The Hall–Kier alpha value is -3.91. The molecule has 8 heteroatoms. The van der Waals surface area contributed by atoms with Gasteiger partial charge in [0.2, 0.25) is 5.91 Å². The van der Waals surface area contributed by atoms with Crippen molar-refractivity contribution in [3.63, 3.8) is 0 Å². The van der Waals surface area contributed by atoms with E-state index in [1.54, 1.807) is 47.1 Å². The van der Waals surface area contributed by atoms with E-state index in [9.17, 15) is 9.59 Å². The molecule has 178 valence electrons. The SMILES string of the molecule is COc1cccc(N2C(=O)c3cc(-c4cccs4)nn3C[C@@]2(C)C(=O)NCc2ccc(C)cc2)c1. The third kappa shape index (κ3) is 4.21. The molecule has 2 aromatic carbocycles. The Balaban J connectivity index is 1.53. The van der Waals surface area contributed by atoms with Crippen molar-refractivity contribution in [2.45, 2.75) is 32.5 Å². The fraction of sp³-hybridized carbons (Fsp3) is 0.222. The second kappa shape index (κ2) is 9.03. The van der Waals surface area contributed by atoms with Gasteiger partial charge in [0, 0.05) is 18.3 Å². The number of hydrogen-bond donors (Lipinski definition) is 1. The Morgan fingerprint density at radius 2 is 1.94 bits per heavy atom. The van der Waals surface area contributed by atoms with Crippen LogP contribution in [0.2, 0.25) is 0 Å². The summed E-state index contributed by atoms with van der Waals surface area (Å²) in [6.45, 7) is 4.39. The summed E-state index contributed by atoms with van der Waals surface area (Å²) in [6.07, 6.45) is 0. The van der Waals surface area contributed by atoms with E-state index >= 15 is 0 Å². The Labute approximate surface area is 208 Å². The van der Waals surface area contributed by atoms with Gasteiger partial charge in [-0.1, -0.05) is 42.0 Å². The van der Waals surface area contributed by atoms with Crippen LogP contribution in [0, 0.1) is 6.92 Å². The maximum Gasteiger partial charge on any atom is 0.277 e. The molecule has 0 saturated heterocycles. The summed E-state index contributed by atoms with van der Waals surface area (Å²) in [6, 6.07) is 20.9. The lowest BCUT2D eigenvalue weighted by Crippen LogP contribution is -2.64. The molecule has 35 heavy (non-hydrogen) atoms. The second-order valence-corrected chi connectivity index (χ2v) is 9.78. The highest BCUT2D eigenvalue weighted by Gasteiger charge is 2.49. The number of fused-ring (bicyclic) bond motifs is 1. The molecular weight excluding hydrogens is 460 g/mol. The van der Waals surface area contributed by atoms with Crippen LogP contribution in [0.15, 0.2) is 72.1 Å². The van der Waals surface area contributed by atoms with Crippen LogP contribution in [0.4, 0.5) is 5.69 Å². The molecule has 0 saturated carbocycles. The second-order valence-electron chi connectivity index (χ2n) is 8.83. The van der Waals surface area contributed by atoms with Crippen LogP contribution in [-0.2, 0) is 17.9 Å². The summed E-state index contributed by atoms with van der Waals surface area (Å²) < 4.78 is 7.04. The predicted molar refractivity (Wildman–Crippen MR) is 137 cm³/mol. The van der Waals surface area contributed by atoms with Gasteiger partial charge in [0.05, 0.1) is 18.5 Å². The fourth-order valence-electron chi connectivity index (χ4n) is 4.36. The van der Waals surface area contributed by atoms with Crippen LogP contribution in [0.5, 0.6) is 5.75 Å². The highest BCUT2D eigenvalue weighted by Crippen LogP contribution is 2.36. The van der Waals surface area contributed by atoms with E-state index in [0.717, 1.165) is 21.7 Å². The molecule has 5 rings (SSSR count). The quantitative estimate of drug-likeness (QED) is 0.430. The molecule has 0 spiro atoms. The first-order chi connectivity index (χ1) is 16.9. The number of methoxy groups -OCH3 is 1. The van der Waals surface area contributed by atoms with Crippen molar-refractivity contribution in [2.75, 3.05) is 12.0 Å². The van der Waals surface area contributed by atoms with Gasteiger partial charge >= 0.3 is 0 Å². The minimum absolute atomic E-state index is 0.219. The molecule has 1 atom stereocenters. The third-order valence-corrected chi connectivity index (χ3v) is 7.19. The van der Waals surface area contributed by atoms with Gasteiger partial charge in [0.15, 0.2) is 0 Å². The number of anilines is 1. The average molecular weight is 487 g/mol. The van der Waals surface area contributed by atoms with Crippen molar-refractivity contribution >= 4 is 28.8 Å². The van der Waals surface area contributed by atoms with Crippen molar-refractivity contribution in [3.05, 3.63) is 88.9 Å². The largest absolute Gasteiger partial charge is 0.497 e. The maximum atomic E-state index is 13.9. The summed E-state index contributed by atoms with van der Waals surface area (Å²) >= 11 is 1.56. The molecule has 1 aliphatic heterocycles. The number of carbonyl (C=O) groups is 2. The van der Waals surface area contributed by atoms with Crippen LogP contribution < -0.4 is 15.0 Å². The number of nitrogens with one attached hydrogen (secondary N) is 1. The third-order valence-electron chi connectivity index (χ3n) is 6.30. The fourth-order valence-corrected chi connectivity index (χ4v) is 5.04. The van der Waals surface area contributed by atoms with Crippen molar-refractivity contribution in [3.8, 4) is 16.3 Å². The van der Waals surface area contributed by atoms with E-state index in [1.165, 1.54) is 0 Å². The lowest BCUT2D eigenvalue weighted by Gasteiger charge is -2.43. The van der Waals surface area contributed by atoms with Crippen molar-refractivity contribution < 1.29 is 14.3 Å². The first-order valence-corrected chi connectivity index (χ1v) is 12.2. The average Bonchev–Trinajstić information content (AvgIpc) is 3.54. The number of carbonyl (C=O) groups excluding carboxylic acids is 2. The zero-order valence-electron chi connectivity index (χ0n) is 19.8. The van der Waals surface area contributed by atoms with Crippen LogP contribution >= 0.6 is 11.3 Å². The van der Waals surface area contributed by atoms with Gasteiger partial charge in [-0.2, -0.15) is 5.10 Å². The number of aryl methyl sites for hydroxylation is 1. The Morgan fingerprint density at radius 3 is 2.66 bits per heavy atom. The monoisotopic (exact) mass is 486 g/mol. The van der Waals surface area contributed by atoms with Crippen molar-refractivity contribution in [1.29, 1.82) is 0 Å². The number of ether oxygens (including phenoxy) is 1. The number of hydrogen-bond acceptors (Lipinski definition) is 5. The maximum absolute atomic E-state index is 13.9. The Kier molecular flexibility index (Phi) is 5.90. The summed E-state index contributed by atoms with van der Waals surface area (Å²) in [5, 5.41) is 9.70. The molecule has 3 heterocycles. The lowest BCUT2D eigenvalue weighted by atomic mass is 9.93. The molecule has 1 N–H and O–H groups in total. The van der Waals surface area contributed by atoms with Gasteiger partial charge in [0.25, 0.3) is 5.91 Å². The molecule has 7 nitrogen and oxygen atoms in total. The number of amides is 2. The van der Waals surface area contributed by atoms with E-state index in [4.69, 9.17) is 4.74 Å². The summed E-state index contributed by atoms with van der Waals surface area (Å²) in [5.74, 6) is 0.0666. The van der Waals surface area contributed by atoms with Crippen LogP contribution in [0.25, 0.3) is 10.6 Å². The van der Waals surface area contributed by atoms with Crippen LogP contribution in [0.3, 0.4) is 0 Å². The highest BCUT2D eigenvalue weighted by atomic mass is 32.1. The number of thiophene rings is 1. The van der Waals surface area contributed by atoms with Crippen LogP contribution in [0.1, 0.15) is 28.5 Å². The van der Waals surface area contributed by atoms with Crippen molar-refractivity contribution in [1.82, 2.24) is 15.1 Å². The van der Waals surface area contributed by atoms with Gasteiger partial charge in [-0.25, -0.2) is 0 Å². The van der Waals surface area contributed by atoms with Gasteiger partial charge < -0.3 is 10.1 Å². The lowest BCUT2D eigenvalue weighted by molar-refractivity contribution is -0.126. The summed E-state index contributed by atoms with van der Waals surface area (Å²) in [5.41, 5.74) is 2.69. The molecule has 2 aromatic heterocycles. The summed E-state index contributed by atoms with van der Waals surface area (Å²) in [7, 11) is 1.58. The number of aromatic nitrogens is 2. The van der Waals surface area contributed by atoms with E-state index in [-0.39, 0.29) is 18.4 Å². The predicted octanol–water partition coefficient (Wildman–Crippen LogP) is 4.66.